The van der Waals surface area contributed by atoms with Crippen molar-refractivity contribution in [3.05, 3.63) is 65.5 Å². The minimum Gasteiger partial charge on any atom is -0.406 e. The minimum absolute atomic E-state index is 0.0459. The highest BCUT2D eigenvalue weighted by Crippen LogP contribution is 2.25. The SMILES string of the molecule is O=C(NCc1cccc(F)c1)C1CC(=O)N(Cc2ccc(OC(F)(F)F)cc2)C1. The van der Waals surface area contributed by atoms with Crippen LogP contribution in [-0.4, -0.2) is 29.6 Å². The van der Waals surface area contributed by atoms with E-state index in [0.717, 1.165) is 0 Å². The standard InChI is InChI=1S/C20H18F4N2O3/c21-16-3-1-2-14(8-16)10-25-19(28)15-9-18(27)26(12-15)11-13-4-6-17(7-5-13)29-20(22,23)24/h1-8,15H,9-12H2,(H,25,28). The first kappa shape index (κ1) is 20.6. The van der Waals surface area contributed by atoms with Gasteiger partial charge < -0.3 is 15.0 Å². The first-order chi connectivity index (χ1) is 13.7. The maximum atomic E-state index is 13.2. The van der Waals surface area contributed by atoms with Gasteiger partial charge in [0.2, 0.25) is 11.8 Å². The van der Waals surface area contributed by atoms with Crippen LogP contribution in [-0.2, 0) is 22.7 Å². The lowest BCUT2D eigenvalue weighted by Crippen LogP contribution is -2.32. The number of benzene rings is 2. The molecule has 1 N–H and O–H groups in total. The van der Waals surface area contributed by atoms with Crippen LogP contribution >= 0.6 is 0 Å². The van der Waals surface area contributed by atoms with Gasteiger partial charge in [0.1, 0.15) is 11.6 Å². The summed E-state index contributed by atoms with van der Waals surface area (Å²) in [6.45, 7) is 0.537. The fourth-order valence-corrected chi connectivity index (χ4v) is 3.10. The summed E-state index contributed by atoms with van der Waals surface area (Å²) >= 11 is 0. The number of halogens is 4. The largest absolute Gasteiger partial charge is 0.573 e. The van der Waals surface area contributed by atoms with Crippen LogP contribution < -0.4 is 10.1 Å². The van der Waals surface area contributed by atoms with Crippen molar-refractivity contribution in [2.24, 2.45) is 5.92 Å². The normalized spacial score (nSPS) is 16.8. The molecule has 29 heavy (non-hydrogen) atoms. The first-order valence-electron chi connectivity index (χ1n) is 8.84. The Morgan fingerprint density at radius 1 is 1.14 bits per heavy atom. The molecule has 1 saturated heterocycles. The summed E-state index contributed by atoms with van der Waals surface area (Å²) in [6.07, 6.45) is -4.72. The number of hydrogen-bond donors (Lipinski definition) is 1. The molecular formula is C20H18F4N2O3. The number of nitrogens with one attached hydrogen (secondary N) is 1. The van der Waals surface area contributed by atoms with Crippen molar-refractivity contribution in [1.82, 2.24) is 10.2 Å². The lowest BCUT2D eigenvalue weighted by molar-refractivity contribution is -0.274. The Bertz CT molecular complexity index is 884. The second-order valence-electron chi connectivity index (χ2n) is 6.71. The van der Waals surface area contributed by atoms with E-state index in [0.29, 0.717) is 11.1 Å². The number of carbonyl (C=O) groups is 2. The summed E-state index contributed by atoms with van der Waals surface area (Å²) in [5.41, 5.74) is 1.23. The number of hydrogen-bond acceptors (Lipinski definition) is 3. The smallest absolute Gasteiger partial charge is 0.406 e. The van der Waals surface area contributed by atoms with E-state index >= 15 is 0 Å². The molecule has 0 bridgehead atoms. The van der Waals surface area contributed by atoms with Crippen molar-refractivity contribution in [2.45, 2.75) is 25.9 Å². The molecule has 0 aromatic heterocycles. The van der Waals surface area contributed by atoms with Crippen LogP contribution in [0.25, 0.3) is 0 Å². The zero-order chi connectivity index (χ0) is 21.0. The molecule has 9 heteroatoms. The Morgan fingerprint density at radius 3 is 2.52 bits per heavy atom. The third-order valence-corrected chi connectivity index (χ3v) is 4.47. The lowest BCUT2D eigenvalue weighted by Gasteiger charge is -2.17. The summed E-state index contributed by atoms with van der Waals surface area (Å²) in [7, 11) is 0. The van der Waals surface area contributed by atoms with Gasteiger partial charge in [0.15, 0.2) is 0 Å². The molecule has 3 rings (SSSR count). The molecule has 0 radical (unpaired) electrons. The van der Waals surface area contributed by atoms with Crippen LogP contribution in [0.3, 0.4) is 0 Å². The monoisotopic (exact) mass is 410 g/mol. The van der Waals surface area contributed by atoms with Crippen molar-refractivity contribution >= 4 is 11.8 Å². The van der Waals surface area contributed by atoms with E-state index in [1.165, 1.54) is 41.3 Å². The topological polar surface area (TPSA) is 58.6 Å². The van der Waals surface area contributed by atoms with Crippen molar-refractivity contribution in [3.8, 4) is 5.75 Å². The quantitative estimate of drug-likeness (QED) is 0.743. The first-order valence-corrected chi connectivity index (χ1v) is 8.84. The number of amides is 2. The average molecular weight is 410 g/mol. The molecule has 1 fully saturated rings. The van der Waals surface area contributed by atoms with Crippen LogP contribution in [0.1, 0.15) is 17.5 Å². The summed E-state index contributed by atoms with van der Waals surface area (Å²) in [5.74, 6) is -1.80. The minimum atomic E-state index is -4.77. The molecule has 1 unspecified atom stereocenters. The molecule has 154 valence electrons. The van der Waals surface area contributed by atoms with E-state index in [4.69, 9.17) is 0 Å². The Hall–Kier alpha value is -3.10. The molecule has 2 amide bonds. The van der Waals surface area contributed by atoms with E-state index in [1.54, 1.807) is 12.1 Å². The molecule has 1 aliphatic heterocycles. The predicted octanol–water partition coefficient (Wildman–Crippen LogP) is 3.39. The average Bonchev–Trinajstić information content (AvgIpc) is 3.01. The summed E-state index contributed by atoms with van der Waals surface area (Å²) in [6, 6.07) is 11.1. The summed E-state index contributed by atoms with van der Waals surface area (Å²) < 4.78 is 53.6. The van der Waals surface area contributed by atoms with Crippen molar-refractivity contribution < 1.29 is 31.9 Å². The second kappa shape index (κ2) is 8.50. The maximum Gasteiger partial charge on any atom is 0.573 e. The van der Waals surface area contributed by atoms with Crippen LogP contribution in [0, 0.1) is 11.7 Å². The Balaban J connectivity index is 1.52. The highest BCUT2D eigenvalue weighted by Gasteiger charge is 2.34. The van der Waals surface area contributed by atoms with Crippen molar-refractivity contribution in [2.75, 3.05) is 6.54 Å². The Morgan fingerprint density at radius 2 is 1.86 bits per heavy atom. The van der Waals surface area contributed by atoms with Gasteiger partial charge in [0, 0.05) is 26.1 Å². The number of likely N-dealkylation sites (tertiary alicyclic amines) is 1. The fourth-order valence-electron chi connectivity index (χ4n) is 3.10. The third kappa shape index (κ3) is 5.94. The van der Waals surface area contributed by atoms with E-state index in [1.807, 2.05) is 0 Å². The summed E-state index contributed by atoms with van der Waals surface area (Å²) in [5, 5.41) is 2.69. The number of carbonyl (C=O) groups excluding carboxylic acids is 2. The molecular weight excluding hydrogens is 392 g/mol. The van der Waals surface area contributed by atoms with E-state index < -0.39 is 18.1 Å². The van der Waals surface area contributed by atoms with Gasteiger partial charge in [-0.25, -0.2) is 4.39 Å². The molecule has 5 nitrogen and oxygen atoms in total. The highest BCUT2D eigenvalue weighted by molar-refractivity contribution is 5.89. The van der Waals surface area contributed by atoms with Gasteiger partial charge >= 0.3 is 6.36 Å². The Kier molecular flexibility index (Phi) is 6.05. The molecule has 1 heterocycles. The van der Waals surface area contributed by atoms with Crippen molar-refractivity contribution in [1.29, 1.82) is 0 Å². The highest BCUT2D eigenvalue weighted by atomic mass is 19.4. The van der Waals surface area contributed by atoms with Gasteiger partial charge in [-0.2, -0.15) is 0 Å². The third-order valence-electron chi connectivity index (χ3n) is 4.47. The maximum absolute atomic E-state index is 13.2. The Labute approximate surface area is 164 Å². The molecule has 1 aliphatic rings. The second-order valence-corrected chi connectivity index (χ2v) is 6.71. The van der Waals surface area contributed by atoms with E-state index in [9.17, 15) is 27.2 Å². The molecule has 2 aromatic carbocycles. The van der Waals surface area contributed by atoms with E-state index in [-0.39, 0.29) is 43.6 Å². The fraction of sp³-hybridized carbons (Fsp3) is 0.300. The number of rotatable bonds is 6. The zero-order valence-corrected chi connectivity index (χ0v) is 15.2. The zero-order valence-electron chi connectivity index (χ0n) is 15.2. The van der Waals surface area contributed by atoms with Gasteiger partial charge in [0.25, 0.3) is 0 Å². The van der Waals surface area contributed by atoms with Crippen LogP contribution in [0.2, 0.25) is 0 Å². The number of nitrogens with zero attached hydrogens (tertiary/aromatic N) is 1. The van der Waals surface area contributed by atoms with Gasteiger partial charge in [-0.1, -0.05) is 24.3 Å². The molecule has 0 aliphatic carbocycles. The van der Waals surface area contributed by atoms with Crippen LogP contribution in [0.5, 0.6) is 5.75 Å². The van der Waals surface area contributed by atoms with E-state index in [2.05, 4.69) is 10.1 Å². The van der Waals surface area contributed by atoms with Gasteiger partial charge in [-0.15, -0.1) is 13.2 Å². The molecule has 0 spiro atoms. The van der Waals surface area contributed by atoms with Gasteiger partial charge in [-0.05, 0) is 35.4 Å². The number of ether oxygens (including phenoxy) is 1. The van der Waals surface area contributed by atoms with Crippen molar-refractivity contribution in [3.63, 3.8) is 0 Å². The summed E-state index contributed by atoms with van der Waals surface area (Å²) in [4.78, 5) is 26.0. The van der Waals surface area contributed by atoms with Gasteiger partial charge in [0.05, 0.1) is 5.92 Å². The van der Waals surface area contributed by atoms with Gasteiger partial charge in [-0.3, -0.25) is 9.59 Å². The predicted molar refractivity (Wildman–Crippen MR) is 94.9 cm³/mol. The van der Waals surface area contributed by atoms with Crippen LogP contribution in [0.4, 0.5) is 17.6 Å². The van der Waals surface area contributed by atoms with Crippen LogP contribution in [0.15, 0.2) is 48.5 Å². The number of alkyl halides is 3. The molecule has 1 atom stereocenters. The lowest BCUT2D eigenvalue weighted by atomic mass is 10.1. The molecule has 2 aromatic rings. The molecule has 0 saturated carbocycles.